The fourth-order valence-corrected chi connectivity index (χ4v) is 3.58. The van der Waals surface area contributed by atoms with Crippen LogP contribution in [0.4, 0.5) is 4.79 Å². The highest BCUT2D eigenvalue weighted by molar-refractivity contribution is 8.00. The summed E-state index contributed by atoms with van der Waals surface area (Å²) in [7, 11) is 1.81. The van der Waals surface area contributed by atoms with E-state index in [0.29, 0.717) is 0 Å². The van der Waals surface area contributed by atoms with Crippen LogP contribution in [0.3, 0.4) is 0 Å². The van der Waals surface area contributed by atoms with Gasteiger partial charge in [0, 0.05) is 18.6 Å². The molecule has 0 spiro atoms. The number of amides is 4. The Balaban J connectivity index is 2.28. The van der Waals surface area contributed by atoms with Crippen molar-refractivity contribution in [3.63, 3.8) is 0 Å². The topological polar surface area (TPSA) is 105 Å². The van der Waals surface area contributed by atoms with Crippen molar-refractivity contribution < 1.29 is 23.9 Å². The fraction of sp³-hybridized carbons (Fsp3) is 0.789. The van der Waals surface area contributed by atoms with Crippen LogP contribution in [0.5, 0.6) is 0 Å². The van der Waals surface area contributed by atoms with Gasteiger partial charge in [-0.2, -0.15) is 0 Å². The summed E-state index contributed by atoms with van der Waals surface area (Å²) in [5, 5.41) is 4.72. The summed E-state index contributed by atoms with van der Waals surface area (Å²) in [6.45, 7) is 6.74. The van der Waals surface area contributed by atoms with Gasteiger partial charge in [0.05, 0.1) is 11.5 Å². The number of ether oxygens (including phenoxy) is 1. The van der Waals surface area contributed by atoms with Crippen LogP contribution in [0.1, 0.15) is 59.8 Å². The van der Waals surface area contributed by atoms with Crippen molar-refractivity contribution in [1.29, 1.82) is 0 Å². The Labute approximate surface area is 171 Å². The first-order valence-electron chi connectivity index (χ1n) is 9.65. The Kier molecular flexibility index (Phi) is 9.78. The summed E-state index contributed by atoms with van der Waals surface area (Å²) in [6.07, 6.45) is 4.49. The highest BCUT2D eigenvalue weighted by Crippen LogP contribution is 2.22. The van der Waals surface area contributed by atoms with Crippen LogP contribution in [0.25, 0.3) is 0 Å². The number of nitrogens with one attached hydrogen (secondary N) is 2. The van der Waals surface area contributed by atoms with Gasteiger partial charge in [-0.05, 0) is 40.5 Å². The van der Waals surface area contributed by atoms with Gasteiger partial charge in [-0.15, -0.1) is 11.8 Å². The number of carbonyl (C=O) groups is 4. The lowest BCUT2D eigenvalue weighted by molar-refractivity contribution is -0.151. The van der Waals surface area contributed by atoms with E-state index < -0.39 is 29.6 Å². The zero-order valence-corrected chi connectivity index (χ0v) is 18.3. The molecule has 2 N–H and O–H groups in total. The molecular weight excluding hydrogens is 382 g/mol. The third-order valence-corrected chi connectivity index (χ3v) is 5.25. The van der Waals surface area contributed by atoms with Crippen LogP contribution in [-0.4, -0.2) is 65.0 Å². The molecule has 1 rings (SSSR count). The average molecular weight is 416 g/mol. The van der Waals surface area contributed by atoms with Crippen LogP contribution >= 0.6 is 11.8 Å². The number of hydrogen-bond donors (Lipinski definition) is 2. The van der Waals surface area contributed by atoms with E-state index in [1.165, 1.54) is 13.3 Å². The molecule has 1 saturated carbocycles. The normalized spacial score (nSPS) is 16.0. The van der Waals surface area contributed by atoms with E-state index in [1.54, 1.807) is 25.7 Å². The molecule has 1 aliphatic carbocycles. The second-order valence-electron chi connectivity index (χ2n) is 8.11. The van der Waals surface area contributed by atoms with Crippen molar-refractivity contribution in [1.82, 2.24) is 15.5 Å². The van der Waals surface area contributed by atoms with Crippen LogP contribution in [0, 0.1) is 0 Å². The van der Waals surface area contributed by atoms with Gasteiger partial charge < -0.3 is 15.0 Å². The lowest BCUT2D eigenvalue weighted by Gasteiger charge is -2.31. The van der Waals surface area contributed by atoms with Gasteiger partial charge in [-0.3, -0.25) is 19.7 Å². The van der Waals surface area contributed by atoms with E-state index in [9.17, 15) is 19.2 Å². The van der Waals surface area contributed by atoms with Crippen LogP contribution in [0.15, 0.2) is 0 Å². The maximum Gasteiger partial charge on any atom is 0.321 e. The lowest BCUT2D eigenvalue weighted by Crippen LogP contribution is -2.50. The second-order valence-corrected chi connectivity index (χ2v) is 9.10. The molecule has 160 valence electrons. The number of imide groups is 1. The molecule has 0 bridgehead atoms. The molecule has 4 amide bonds. The monoisotopic (exact) mass is 415 g/mol. The average Bonchev–Trinajstić information content (AvgIpc) is 2.59. The summed E-state index contributed by atoms with van der Waals surface area (Å²) < 4.78 is 5.03. The Morgan fingerprint density at radius 2 is 1.71 bits per heavy atom. The quantitative estimate of drug-likeness (QED) is 0.617. The van der Waals surface area contributed by atoms with Crippen molar-refractivity contribution in [2.24, 2.45) is 0 Å². The predicted octanol–water partition coefficient (Wildman–Crippen LogP) is 2.07. The van der Waals surface area contributed by atoms with Crippen LogP contribution < -0.4 is 10.6 Å². The summed E-state index contributed by atoms with van der Waals surface area (Å²) >= 11 is 1.16. The molecule has 0 radical (unpaired) electrons. The molecule has 0 aromatic heterocycles. The first-order valence-corrected chi connectivity index (χ1v) is 10.8. The van der Waals surface area contributed by atoms with Gasteiger partial charge in [-0.25, -0.2) is 4.79 Å². The Morgan fingerprint density at radius 3 is 2.29 bits per heavy atom. The molecule has 1 fully saturated rings. The number of esters is 1. The van der Waals surface area contributed by atoms with E-state index in [0.717, 1.165) is 37.4 Å². The van der Waals surface area contributed by atoms with Crippen molar-refractivity contribution in [2.75, 3.05) is 18.6 Å². The van der Waals surface area contributed by atoms with Gasteiger partial charge in [0.15, 0.2) is 6.10 Å². The number of thioether (sulfide) groups is 1. The van der Waals surface area contributed by atoms with E-state index in [1.807, 2.05) is 7.05 Å². The molecule has 8 nitrogen and oxygen atoms in total. The standard InChI is InChI=1S/C19H33N3O5S/c1-13(17(25)20-18(26)21-19(2,3)4)27-16(24)12-28-11-15(23)22(5)14-9-7-6-8-10-14/h13-14H,6-12H2,1-5H3,(H2,20,21,25,26)/t13-/m0/s1. The Hall–Kier alpha value is -1.77. The first-order chi connectivity index (χ1) is 13.0. The van der Waals surface area contributed by atoms with Crippen LogP contribution in [0.2, 0.25) is 0 Å². The van der Waals surface area contributed by atoms with Gasteiger partial charge in [-0.1, -0.05) is 19.3 Å². The number of nitrogens with zero attached hydrogens (tertiary/aromatic N) is 1. The summed E-state index contributed by atoms with van der Waals surface area (Å²) in [5.41, 5.74) is -0.488. The number of rotatable bonds is 7. The largest absolute Gasteiger partial charge is 0.452 e. The number of carbonyl (C=O) groups excluding carboxylic acids is 4. The molecule has 0 saturated heterocycles. The van der Waals surface area contributed by atoms with Crippen molar-refractivity contribution in [2.45, 2.75) is 77.5 Å². The van der Waals surface area contributed by atoms with Gasteiger partial charge in [0.1, 0.15) is 0 Å². The SMILES string of the molecule is C[C@H](OC(=O)CSCC(=O)N(C)C1CCCCC1)C(=O)NC(=O)NC(C)(C)C. The highest BCUT2D eigenvalue weighted by Gasteiger charge is 2.24. The highest BCUT2D eigenvalue weighted by atomic mass is 32.2. The van der Waals surface area contributed by atoms with Gasteiger partial charge in [0.2, 0.25) is 5.91 Å². The number of urea groups is 1. The van der Waals surface area contributed by atoms with Crippen molar-refractivity contribution in [3.05, 3.63) is 0 Å². The zero-order chi connectivity index (χ0) is 21.3. The van der Waals surface area contributed by atoms with E-state index in [-0.39, 0.29) is 23.5 Å². The summed E-state index contributed by atoms with van der Waals surface area (Å²) in [6, 6.07) is -0.358. The third kappa shape index (κ3) is 9.43. The molecule has 0 aromatic rings. The maximum atomic E-state index is 12.2. The van der Waals surface area contributed by atoms with E-state index in [4.69, 9.17) is 4.74 Å². The summed E-state index contributed by atoms with van der Waals surface area (Å²) in [5.74, 6) is -1.15. The Morgan fingerprint density at radius 1 is 1.11 bits per heavy atom. The van der Waals surface area contributed by atoms with Gasteiger partial charge >= 0.3 is 12.0 Å². The second kappa shape index (κ2) is 11.3. The number of hydrogen-bond acceptors (Lipinski definition) is 6. The molecule has 9 heteroatoms. The third-order valence-electron chi connectivity index (χ3n) is 4.36. The molecule has 28 heavy (non-hydrogen) atoms. The minimum Gasteiger partial charge on any atom is -0.452 e. The summed E-state index contributed by atoms with van der Waals surface area (Å²) in [4.78, 5) is 49.5. The fourth-order valence-electron chi connectivity index (χ4n) is 2.87. The van der Waals surface area contributed by atoms with Crippen molar-refractivity contribution >= 4 is 35.6 Å². The van der Waals surface area contributed by atoms with Gasteiger partial charge in [0.25, 0.3) is 5.91 Å². The first kappa shape index (κ1) is 24.3. The maximum absolute atomic E-state index is 12.2. The molecular formula is C19H33N3O5S. The minimum atomic E-state index is -1.10. The van der Waals surface area contributed by atoms with E-state index in [2.05, 4.69) is 10.6 Å². The Bertz CT molecular complexity index is 570. The zero-order valence-electron chi connectivity index (χ0n) is 17.5. The minimum absolute atomic E-state index is 0.00524. The van der Waals surface area contributed by atoms with Crippen molar-refractivity contribution in [3.8, 4) is 0 Å². The smallest absolute Gasteiger partial charge is 0.321 e. The lowest BCUT2D eigenvalue weighted by atomic mass is 9.94. The molecule has 1 aliphatic rings. The van der Waals surface area contributed by atoms with E-state index >= 15 is 0 Å². The van der Waals surface area contributed by atoms with Crippen LogP contribution in [-0.2, 0) is 19.1 Å². The molecule has 0 heterocycles. The molecule has 0 aliphatic heterocycles. The predicted molar refractivity (Wildman–Crippen MR) is 109 cm³/mol. The molecule has 1 atom stereocenters. The molecule has 0 aromatic carbocycles. The molecule has 0 unspecified atom stereocenters.